The van der Waals surface area contributed by atoms with Crippen molar-refractivity contribution in [2.24, 2.45) is 0 Å². The Morgan fingerprint density at radius 1 is 1.03 bits per heavy atom. The first-order valence-electron chi connectivity index (χ1n) is 8.80. The molecular formula is C20H15ClF2N2O5S. The standard InChI is InChI=1S/C20H15ClF2N2O5S/c21-17-10-7-15(25(26)27)13-20(17)31(28,29)24(19-4-2-1-3-18(19)23)11-12-30-16-8-5-14(22)6-9-16/h1-10,13H,11-12H2. The average Bonchev–Trinajstić information content (AvgIpc) is 2.73. The van der Waals surface area contributed by atoms with Crippen molar-refractivity contribution in [3.63, 3.8) is 0 Å². The molecule has 0 atom stereocenters. The molecule has 31 heavy (non-hydrogen) atoms. The highest BCUT2D eigenvalue weighted by Crippen LogP contribution is 2.32. The maximum atomic E-state index is 14.5. The third-order valence-electron chi connectivity index (χ3n) is 4.19. The SMILES string of the molecule is O=[N+]([O-])c1ccc(Cl)c(S(=O)(=O)N(CCOc2ccc(F)cc2)c2ccccc2F)c1. The van der Waals surface area contributed by atoms with Crippen LogP contribution in [0.3, 0.4) is 0 Å². The monoisotopic (exact) mass is 468 g/mol. The molecule has 0 saturated heterocycles. The Hall–Kier alpha value is -3.24. The van der Waals surface area contributed by atoms with Crippen molar-refractivity contribution in [1.82, 2.24) is 0 Å². The van der Waals surface area contributed by atoms with Gasteiger partial charge < -0.3 is 4.74 Å². The van der Waals surface area contributed by atoms with Crippen LogP contribution in [0.4, 0.5) is 20.2 Å². The summed E-state index contributed by atoms with van der Waals surface area (Å²) in [6.45, 7) is -0.564. The number of hydrogen-bond donors (Lipinski definition) is 0. The van der Waals surface area contributed by atoms with E-state index in [4.69, 9.17) is 16.3 Å². The van der Waals surface area contributed by atoms with Crippen LogP contribution in [-0.4, -0.2) is 26.5 Å². The minimum absolute atomic E-state index is 0.217. The fraction of sp³-hybridized carbons (Fsp3) is 0.100. The fourth-order valence-electron chi connectivity index (χ4n) is 2.72. The van der Waals surface area contributed by atoms with Crippen LogP contribution < -0.4 is 9.04 Å². The summed E-state index contributed by atoms with van der Waals surface area (Å²) in [5, 5.41) is 10.8. The van der Waals surface area contributed by atoms with E-state index in [-0.39, 0.29) is 29.6 Å². The van der Waals surface area contributed by atoms with Crippen LogP contribution in [0.25, 0.3) is 0 Å². The molecule has 0 fully saturated rings. The molecule has 3 aromatic carbocycles. The lowest BCUT2D eigenvalue weighted by atomic mass is 10.3. The largest absolute Gasteiger partial charge is 0.492 e. The number of halogens is 3. The lowest BCUT2D eigenvalue weighted by Gasteiger charge is -2.25. The highest BCUT2D eigenvalue weighted by atomic mass is 35.5. The first-order chi connectivity index (χ1) is 14.7. The zero-order valence-electron chi connectivity index (χ0n) is 15.7. The number of sulfonamides is 1. The Bertz CT molecular complexity index is 1210. The summed E-state index contributed by atoms with van der Waals surface area (Å²) in [6.07, 6.45) is 0. The number of hydrogen-bond acceptors (Lipinski definition) is 5. The Morgan fingerprint density at radius 2 is 1.71 bits per heavy atom. The number of anilines is 1. The lowest BCUT2D eigenvalue weighted by molar-refractivity contribution is -0.385. The van der Waals surface area contributed by atoms with Crippen LogP contribution in [0.15, 0.2) is 71.6 Å². The number of para-hydroxylation sites is 1. The molecule has 0 aliphatic carbocycles. The average molecular weight is 469 g/mol. The Morgan fingerprint density at radius 3 is 2.35 bits per heavy atom. The van der Waals surface area contributed by atoms with Crippen molar-refractivity contribution in [3.05, 3.63) is 93.5 Å². The van der Waals surface area contributed by atoms with Crippen molar-refractivity contribution in [3.8, 4) is 5.75 Å². The van der Waals surface area contributed by atoms with Gasteiger partial charge in [0.15, 0.2) is 0 Å². The van der Waals surface area contributed by atoms with Gasteiger partial charge in [0.2, 0.25) is 0 Å². The van der Waals surface area contributed by atoms with Gasteiger partial charge in [-0.2, -0.15) is 0 Å². The molecule has 7 nitrogen and oxygen atoms in total. The molecule has 0 heterocycles. The third-order valence-corrected chi connectivity index (χ3v) is 6.49. The maximum Gasteiger partial charge on any atom is 0.270 e. The smallest absolute Gasteiger partial charge is 0.270 e. The molecule has 0 unspecified atom stereocenters. The van der Waals surface area contributed by atoms with Crippen LogP contribution in [0.2, 0.25) is 5.02 Å². The first kappa shape index (κ1) is 22.4. The summed E-state index contributed by atoms with van der Waals surface area (Å²) < 4.78 is 60.3. The van der Waals surface area contributed by atoms with Gasteiger partial charge in [0.25, 0.3) is 15.7 Å². The van der Waals surface area contributed by atoms with E-state index in [0.29, 0.717) is 0 Å². The quantitative estimate of drug-likeness (QED) is 0.350. The predicted molar refractivity (Wildman–Crippen MR) is 111 cm³/mol. The number of rotatable bonds is 8. The van der Waals surface area contributed by atoms with Crippen molar-refractivity contribution in [2.45, 2.75) is 4.90 Å². The van der Waals surface area contributed by atoms with E-state index in [9.17, 15) is 27.3 Å². The fourth-order valence-corrected chi connectivity index (χ4v) is 4.68. The molecule has 0 radical (unpaired) electrons. The molecule has 0 spiro atoms. The lowest BCUT2D eigenvalue weighted by Crippen LogP contribution is -2.35. The first-order valence-corrected chi connectivity index (χ1v) is 10.6. The van der Waals surface area contributed by atoms with Crippen molar-refractivity contribution >= 4 is 33.0 Å². The highest BCUT2D eigenvalue weighted by Gasteiger charge is 2.30. The van der Waals surface area contributed by atoms with Gasteiger partial charge in [-0.15, -0.1) is 0 Å². The molecule has 162 valence electrons. The van der Waals surface area contributed by atoms with Gasteiger partial charge in [-0.3, -0.25) is 14.4 Å². The molecule has 0 amide bonds. The van der Waals surface area contributed by atoms with Gasteiger partial charge >= 0.3 is 0 Å². The van der Waals surface area contributed by atoms with E-state index >= 15 is 0 Å². The minimum atomic E-state index is -4.51. The number of non-ortho nitro benzene ring substituents is 1. The summed E-state index contributed by atoms with van der Waals surface area (Å²) >= 11 is 6.01. The van der Waals surface area contributed by atoms with Gasteiger partial charge in [0.1, 0.15) is 28.9 Å². The molecule has 3 aromatic rings. The number of benzene rings is 3. The summed E-state index contributed by atoms with van der Waals surface area (Å²) in [6, 6.07) is 13.2. The summed E-state index contributed by atoms with van der Waals surface area (Å²) in [5.41, 5.74) is -0.771. The molecule has 0 bridgehead atoms. The normalized spacial score (nSPS) is 11.2. The number of nitrogens with zero attached hydrogens (tertiary/aromatic N) is 2. The van der Waals surface area contributed by atoms with Gasteiger partial charge in [0, 0.05) is 12.1 Å². The van der Waals surface area contributed by atoms with Crippen LogP contribution in [0.5, 0.6) is 5.75 Å². The highest BCUT2D eigenvalue weighted by molar-refractivity contribution is 7.93. The Labute approximate surface area is 181 Å². The molecular weight excluding hydrogens is 454 g/mol. The van der Waals surface area contributed by atoms with Crippen molar-refractivity contribution < 1.29 is 26.9 Å². The van der Waals surface area contributed by atoms with Crippen molar-refractivity contribution in [2.75, 3.05) is 17.5 Å². The van der Waals surface area contributed by atoms with Crippen LogP contribution in [0.1, 0.15) is 0 Å². The van der Waals surface area contributed by atoms with E-state index < -0.39 is 37.2 Å². The molecule has 3 rings (SSSR count). The zero-order valence-corrected chi connectivity index (χ0v) is 17.3. The molecule has 0 saturated carbocycles. The Balaban J connectivity index is 1.97. The van der Waals surface area contributed by atoms with E-state index in [0.717, 1.165) is 28.6 Å². The number of ether oxygens (including phenoxy) is 1. The topological polar surface area (TPSA) is 89.8 Å². The van der Waals surface area contributed by atoms with Gasteiger partial charge in [-0.25, -0.2) is 17.2 Å². The second-order valence-corrected chi connectivity index (χ2v) is 8.44. The van der Waals surface area contributed by atoms with Crippen molar-refractivity contribution in [1.29, 1.82) is 0 Å². The maximum absolute atomic E-state index is 14.5. The minimum Gasteiger partial charge on any atom is -0.492 e. The third kappa shape index (κ3) is 5.09. The Kier molecular flexibility index (Phi) is 6.71. The molecule has 0 aromatic heterocycles. The molecule has 0 aliphatic heterocycles. The van der Waals surface area contributed by atoms with Crippen LogP contribution in [0, 0.1) is 21.7 Å². The molecule has 0 N–H and O–H groups in total. The van der Waals surface area contributed by atoms with Gasteiger partial charge in [-0.1, -0.05) is 23.7 Å². The van der Waals surface area contributed by atoms with E-state index in [2.05, 4.69) is 0 Å². The number of nitro groups is 1. The summed E-state index contributed by atoms with van der Waals surface area (Å²) in [7, 11) is -4.51. The summed E-state index contributed by atoms with van der Waals surface area (Å²) in [4.78, 5) is 9.77. The van der Waals surface area contributed by atoms with E-state index in [1.54, 1.807) is 0 Å². The van der Waals surface area contributed by atoms with Gasteiger partial charge in [0.05, 0.1) is 22.2 Å². The van der Waals surface area contributed by atoms with E-state index in [1.165, 1.54) is 42.5 Å². The summed E-state index contributed by atoms with van der Waals surface area (Å²) in [5.74, 6) is -1.02. The second kappa shape index (κ2) is 9.27. The molecule has 0 aliphatic rings. The van der Waals surface area contributed by atoms with Crippen LogP contribution >= 0.6 is 11.6 Å². The van der Waals surface area contributed by atoms with Crippen LogP contribution in [-0.2, 0) is 10.0 Å². The predicted octanol–water partition coefficient (Wildman–Crippen LogP) is 4.80. The molecule has 11 heteroatoms. The van der Waals surface area contributed by atoms with E-state index in [1.807, 2.05) is 0 Å². The zero-order chi connectivity index (χ0) is 22.6. The van der Waals surface area contributed by atoms with Gasteiger partial charge in [-0.05, 0) is 42.5 Å². The second-order valence-electron chi connectivity index (χ2n) is 6.20. The number of nitro benzene ring substituents is 1.